The summed E-state index contributed by atoms with van der Waals surface area (Å²) in [5.41, 5.74) is 2.50. The highest BCUT2D eigenvalue weighted by molar-refractivity contribution is 9.10. The predicted octanol–water partition coefficient (Wildman–Crippen LogP) is 5.06. The Balaban J connectivity index is 1.85. The third-order valence-electron chi connectivity index (χ3n) is 3.43. The van der Waals surface area contributed by atoms with Crippen LogP contribution in [0.2, 0.25) is 0 Å². The topological polar surface area (TPSA) is 21.3 Å². The van der Waals surface area contributed by atoms with E-state index in [9.17, 15) is 0 Å². The van der Waals surface area contributed by atoms with Gasteiger partial charge in [-0.1, -0.05) is 37.3 Å². The summed E-state index contributed by atoms with van der Waals surface area (Å²) in [5.74, 6) is 1.42. The Kier molecular flexibility index (Phi) is 5.48. The van der Waals surface area contributed by atoms with Crippen LogP contribution >= 0.6 is 15.9 Å². The Morgan fingerprint density at radius 1 is 1.15 bits per heavy atom. The molecule has 1 unspecified atom stereocenters. The molecule has 0 fully saturated rings. The molecule has 0 radical (unpaired) electrons. The van der Waals surface area contributed by atoms with Crippen molar-refractivity contribution < 1.29 is 4.74 Å². The number of halogens is 1. The van der Waals surface area contributed by atoms with Gasteiger partial charge < -0.3 is 10.1 Å². The summed E-state index contributed by atoms with van der Waals surface area (Å²) >= 11 is 3.50. The third kappa shape index (κ3) is 4.01. The first-order valence-electron chi connectivity index (χ1n) is 6.83. The van der Waals surface area contributed by atoms with Crippen LogP contribution < -0.4 is 10.1 Å². The minimum Gasteiger partial charge on any atom is -0.496 e. The third-order valence-corrected chi connectivity index (χ3v) is 4.05. The number of benzene rings is 2. The molecular weight excluding hydrogens is 314 g/mol. The van der Waals surface area contributed by atoms with Gasteiger partial charge >= 0.3 is 0 Å². The van der Waals surface area contributed by atoms with Crippen LogP contribution in [-0.4, -0.2) is 13.7 Å². The zero-order valence-corrected chi connectivity index (χ0v) is 13.5. The Bertz CT molecular complexity index is 542. The number of nitrogens with one attached hydrogen (secondary N) is 1. The minimum absolute atomic E-state index is 0.561. The number of hydrogen-bond donors (Lipinski definition) is 1. The lowest BCUT2D eigenvalue weighted by Gasteiger charge is -2.13. The minimum atomic E-state index is 0.561. The molecule has 2 rings (SSSR count). The summed E-state index contributed by atoms with van der Waals surface area (Å²) in [7, 11) is 1.68. The van der Waals surface area contributed by atoms with Crippen LogP contribution in [0.1, 0.15) is 24.8 Å². The lowest BCUT2D eigenvalue weighted by atomic mass is 9.98. The van der Waals surface area contributed by atoms with Crippen molar-refractivity contribution in [3.05, 3.63) is 58.6 Å². The van der Waals surface area contributed by atoms with E-state index >= 15 is 0 Å². The fourth-order valence-corrected chi connectivity index (χ4v) is 2.70. The zero-order chi connectivity index (χ0) is 14.4. The van der Waals surface area contributed by atoms with Gasteiger partial charge in [0.2, 0.25) is 0 Å². The molecule has 0 aromatic heterocycles. The molecule has 0 aliphatic heterocycles. The molecule has 0 amide bonds. The predicted molar refractivity (Wildman–Crippen MR) is 88.7 cm³/mol. The van der Waals surface area contributed by atoms with Crippen molar-refractivity contribution in [2.75, 3.05) is 19.0 Å². The van der Waals surface area contributed by atoms with Gasteiger partial charge in [0.25, 0.3) is 0 Å². The summed E-state index contributed by atoms with van der Waals surface area (Å²) in [6.45, 7) is 3.22. The first-order chi connectivity index (χ1) is 9.70. The molecule has 2 aromatic rings. The molecule has 0 aliphatic rings. The molecule has 0 aliphatic carbocycles. The van der Waals surface area contributed by atoms with Crippen molar-refractivity contribution in [3.63, 3.8) is 0 Å². The van der Waals surface area contributed by atoms with Crippen LogP contribution in [0.4, 0.5) is 5.69 Å². The second kappa shape index (κ2) is 7.34. The van der Waals surface area contributed by atoms with Gasteiger partial charge in [-0.15, -0.1) is 0 Å². The van der Waals surface area contributed by atoms with Gasteiger partial charge in [-0.2, -0.15) is 0 Å². The van der Waals surface area contributed by atoms with Crippen molar-refractivity contribution in [1.29, 1.82) is 0 Å². The normalized spacial score (nSPS) is 11.9. The molecular formula is C17H20BrNO. The number of hydrogen-bond acceptors (Lipinski definition) is 2. The van der Waals surface area contributed by atoms with Crippen molar-refractivity contribution in [1.82, 2.24) is 0 Å². The Hall–Kier alpha value is -1.48. The number of ether oxygens (including phenoxy) is 1. The number of anilines is 1. The molecule has 0 saturated carbocycles. The zero-order valence-electron chi connectivity index (χ0n) is 11.9. The molecule has 3 heteroatoms. The van der Waals surface area contributed by atoms with Crippen LogP contribution in [0, 0.1) is 0 Å². The van der Waals surface area contributed by atoms with E-state index < -0.39 is 0 Å². The summed E-state index contributed by atoms with van der Waals surface area (Å²) in [6, 6.07) is 16.7. The molecule has 106 valence electrons. The summed E-state index contributed by atoms with van der Waals surface area (Å²) in [6.07, 6.45) is 1.10. The first kappa shape index (κ1) is 14.9. The van der Waals surface area contributed by atoms with E-state index in [0.717, 1.165) is 28.9 Å². The second-order valence-corrected chi connectivity index (χ2v) is 5.73. The molecule has 1 atom stereocenters. The fraction of sp³-hybridized carbons (Fsp3) is 0.294. The van der Waals surface area contributed by atoms with Gasteiger partial charge in [0.1, 0.15) is 5.75 Å². The standard InChI is InChI=1S/C17H20BrNO/c1-13(14-6-4-3-5-7-14)10-11-19-15-8-9-17(20-2)16(18)12-15/h3-9,12-13,19H,10-11H2,1-2H3. The molecule has 2 aromatic carbocycles. The first-order valence-corrected chi connectivity index (χ1v) is 7.62. The van der Waals surface area contributed by atoms with Crippen molar-refractivity contribution in [3.8, 4) is 5.75 Å². The average Bonchev–Trinajstić information content (AvgIpc) is 2.48. The maximum Gasteiger partial charge on any atom is 0.133 e. The van der Waals surface area contributed by atoms with Crippen LogP contribution in [0.15, 0.2) is 53.0 Å². The summed E-state index contributed by atoms with van der Waals surface area (Å²) < 4.78 is 6.20. The highest BCUT2D eigenvalue weighted by Gasteiger charge is 2.05. The van der Waals surface area contributed by atoms with E-state index in [0.29, 0.717) is 5.92 Å². The Morgan fingerprint density at radius 3 is 2.55 bits per heavy atom. The largest absolute Gasteiger partial charge is 0.496 e. The highest BCUT2D eigenvalue weighted by atomic mass is 79.9. The molecule has 0 saturated heterocycles. The van der Waals surface area contributed by atoms with E-state index in [1.807, 2.05) is 18.2 Å². The summed E-state index contributed by atoms with van der Waals surface area (Å²) in [5, 5.41) is 3.45. The number of methoxy groups -OCH3 is 1. The lowest BCUT2D eigenvalue weighted by Crippen LogP contribution is -2.06. The molecule has 0 spiro atoms. The SMILES string of the molecule is COc1ccc(NCCC(C)c2ccccc2)cc1Br. The van der Waals surface area contributed by atoms with Crippen molar-refractivity contribution in [2.45, 2.75) is 19.3 Å². The van der Waals surface area contributed by atoms with Gasteiger partial charge in [0.05, 0.1) is 11.6 Å². The smallest absolute Gasteiger partial charge is 0.133 e. The van der Waals surface area contributed by atoms with E-state index in [1.54, 1.807) is 7.11 Å². The van der Waals surface area contributed by atoms with Crippen LogP contribution in [0.25, 0.3) is 0 Å². The molecule has 0 bridgehead atoms. The maximum atomic E-state index is 5.23. The average molecular weight is 334 g/mol. The highest BCUT2D eigenvalue weighted by Crippen LogP contribution is 2.28. The van der Waals surface area contributed by atoms with Crippen LogP contribution in [0.3, 0.4) is 0 Å². The fourth-order valence-electron chi connectivity index (χ4n) is 2.16. The quantitative estimate of drug-likeness (QED) is 0.797. The Morgan fingerprint density at radius 2 is 1.90 bits per heavy atom. The number of rotatable bonds is 6. The van der Waals surface area contributed by atoms with Crippen LogP contribution in [-0.2, 0) is 0 Å². The molecule has 2 nitrogen and oxygen atoms in total. The van der Waals surface area contributed by atoms with Gasteiger partial charge in [0, 0.05) is 12.2 Å². The molecule has 20 heavy (non-hydrogen) atoms. The second-order valence-electron chi connectivity index (χ2n) is 4.88. The van der Waals surface area contributed by atoms with Gasteiger partial charge in [0.15, 0.2) is 0 Å². The van der Waals surface area contributed by atoms with E-state index in [4.69, 9.17) is 4.74 Å². The lowest BCUT2D eigenvalue weighted by molar-refractivity contribution is 0.412. The van der Waals surface area contributed by atoms with Crippen molar-refractivity contribution in [2.24, 2.45) is 0 Å². The molecule has 1 N–H and O–H groups in total. The van der Waals surface area contributed by atoms with Crippen molar-refractivity contribution >= 4 is 21.6 Å². The van der Waals surface area contributed by atoms with Gasteiger partial charge in [-0.05, 0) is 52.0 Å². The molecule has 0 heterocycles. The van der Waals surface area contributed by atoms with Gasteiger partial charge in [-0.3, -0.25) is 0 Å². The van der Waals surface area contributed by atoms with E-state index in [-0.39, 0.29) is 0 Å². The van der Waals surface area contributed by atoms with Gasteiger partial charge in [-0.25, -0.2) is 0 Å². The monoisotopic (exact) mass is 333 g/mol. The van der Waals surface area contributed by atoms with Crippen LogP contribution in [0.5, 0.6) is 5.75 Å². The maximum absolute atomic E-state index is 5.23. The Labute approximate surface area is 129 Å². The summed E-state index contributed by atoms with van der Waals surface area (Å²) in [4.78, 5) is 0. The van der Waals surface area contributed by atoms with E-state index in [2.05, 4.69) is 58.5 Å². The van der Waals surface area contributed by atoms with E-state index in [1.165, 1.54) is 5.56 Å².